The number of ether oxygens (including phenoxy) is 1. The van der Waals surface area contributed by atoms with Gasteiger partial charge in [-0.05, 0) is 37.3 Å². The molecule has 2 N–H and O–H groups in total. The number of aromatic nitrogens is 2. The second-order valence-corrected chi connectivity index (χ2v) is 7.64. The van der Waals surface area contributed by atoms with Crippen molar-refractivity contribution >= 4 is 23.2 Å². The maximum Gasteiger partial charge on any atom is 0.269 e. The Morgan fingerprint density at radius 3 is 2.70 bits per heavy atom. The summed E-state index contributed by atoms with van der Waals surface area (Å²) < 4.78 is 19.4. The molecule has 0 radical (unpaired) electrons. The predicted molar refractivity (Wildman–Crippen MR) is 121 cm³/mol. The Labute approximate surface area is 190 Å². The minimum absolute atomic E-state index is 0.0553. The average molecular weight is 449 g/mol. The van der Waals surface area contributed by atoms with E-state index < -0.39 is 5.82 Å². The summed E-state index contributed by atoms with van der Waals surface area (Å²) >= 11 is 0. The normalized spacial score (nSPS) is 12.5. The lowest BCUT2D eigenvalue weighted by atomic mass is 10.1. The lowest BCUT2D eigenvalue weighted by Crippen LogP contribution is -2.24. The van der Waals surface area contributed by atoms with Gasteiger partial charge in [-0.15, -0.1) is 0 Å². The molecule has 4 rings (SSSR count). The third kappa shape index (κ3) is 4.48. The lowest BCUT2D eigenvalue weighted by Gasteiger charge is -2.15. The van der Waals surface area contributed by atoms with Gasteiger partial charge < -0.3 is 20.3 Å². The number of nitrogens with one attached hydrogen (secondary N) is 2. The van der Waals surface area contributed by atoms with Crippen molar-refractivity contribution in [1.29, 1.82) is 0 Å². The van der Waals surface area contributed by atoms with Gasteiger partial charge in [0.15, 0.2) is 11.6 Å². The van der Waals surface area contributed by atoms with Gasteiger partial charge in [0, 0.05) is 31.4 Å². The summed E-state index contributed by atoms with van der Waals surface area (Å²) in [6.45, 7) is 2.72. The van der Waals surface area contributed by atoms with Crippen LogP contribution in [0.4, 0.5) is 15.8 Å². The maximum absolute atomic E-state index is 14.2. The molecule has 0 bridgehead atoms. The number of halogens is 1. The van der Waals surface area contributed by atoms with Crippen LogP contribution in [-0.2, 0) is 13.0 Å². The van der Waals surface area contributed by atoms with Crippen molar-refractivity contribution in [2.45, 2.75) is 19.9 Å². The maximum atomic E-state index is 14.2. The third-order valence-corrected chi connectivity index (χ3v) is 5.27. The van der Waals surface area contributed by atoms with Crippen LogP contribution in [0.1, 0.15) is 44.9 Å². The van der Waals surface area contributed by atoms with E-state index in [2.05, 4.69) is 20.6 Å². The largest absolute Gasteiger partial charge is 0.492 e. The van der Waals surface area contributed by atoms with Crippen molar-refractivity contribution < 1.29 is 18.7 Å². The van der Waals surface area contributed by atoms with E-state index in [1.54, 1.807) is 42.3 Å². The summed E-state index contributed by atoms with van der Waals surface area (Å²) in [6.07, 6.45) is 0.355. The first-order valence-corrected chi connectivity index (χ1v) is 10.5. The Morgan fingerprint density at radius 2 is 1.94 bits per heavy atom. The first-order chi connectivity index (χ1) is 15.9. The van der Waals surface area contributed by atoms with E-state index in [-0.39, 0.29) is 17.6 Å². The highest BCUT2D eigenvalue weighted by Crippen LogP contribution is 2.35. The number of carbonyl (C=O) groups excluding carboxylic acids is 2. The van der Waals surface area contributed by atoms with E-state index in [1.807, 2.05) is 13.0 Å². The third-order valence-electron chi connectivity index (χ3n) is 5.27. The number of fused-ring (bicyclic) bond motifs is 1. The van der Waals surface area contributed by atoms with Crippen LogP contribution in [0.3, 0.4) is 0 Å². The van der Waals surface area contributed by atoms with Gasteiger partial charge in [-0.25, -0.2) is 9.37 Å². The predicted octanol–water partition coefficient (Wildman–Crippen LogP) is 3.29. The molecular weight excluding hydrogens is 425 g/mol. The van der Waals surface area contributed by atoms with Gasteiger partial charge >= 0.3 is 0 Å². The Morgan fingerprint density at radius 1 is 1.15 bits per heavy atom. The van der Waals surface area contributed by atoms with Crippen LogP contribution in [0.15, 0.2) is 42.5 Å². The Bertz CT molecular complexity index is 1230. The number of para-hydroxylation sites is 1. The molecule has 3 heterocycles. The van der Waals surface area contributed by atoms with E-state index in [1.165, 1.54) is 13.2 Å². The van der Waals surface area contributed by atoms with Crippen molar-refractivity contribution in [2.24, 2.45) is 0 Å². The molecule has 0 saturated heterocycles. The monoisotopic (exact) mass is 449 g/mol. The van der Waals surface area contributed by atoms with Crippen LogP contribution in [0.25, 0.3) is 0 Å². The van der Waals surface area contributed by atoms with E-state index >= 15 is 0 Å². The number of hydrogen-bond acceptors (Lipinski definition) is 6. The molecule has 33 heavy (non-hydrogen) atoms. The second-order valence-electron chi connectivity index (χ2n) is 7.64. The van der Waals surface area contributed by atoms with E-state index in [0.717, 1.165) is 0 Å². The molecule has 1 aliphatic heterocycles. The number of anilines is 2. The number of nitrogens with zero attached hydrogens (tertiary/aromatic N) is 3. The van der Waals surface area contributed by atoms with Gasteiger partial charge in [-0.3, -0.25) is 14.6 Å². The molecule has 2 aromatic heterocycles. The number of hydrogen-bond donors (Lipinski definition) is 2. The van der Waals surface area contributed by atoms with Crippen LogP contribution in [0.5, 0.6) is 5.75 Å². The zero-order valence-corrected chi connectivity index (χ0v) is 18.6. The summed E-state index contributed by atoms with van der Waals surface area (Å²) in [7, 11) is 3.09. The van der Waals surface area contributed by atoms with Crippen LogP contribution in [0.2, 0.25) is 0 Å². The van der Waals surface area contributed by atoms with Gasteiger partial charge in [-0.1, -0.05) is 12.1 Å². The van der Waals surface area contributed by atoms with Crippen molar-refractivity contribution in [3.05, 3.63) is 76.6 Å². The van der Waals surface area contributed by atoms with E-state index in [4.69, 9.17) is 4.74 Å². The van der Waals surface area contributed by atoms with E-state index in [0.29, 0.717) is 59.2 Å². The lowest BCUT2D eigenvalue weighted by molar-refractivity contribution is 0.0816. The Hall–Kier alpha value is -4.01. The Kier molecular flexibility index (Phi) is 6.21. The summed E-state index contributed by atoms with van der Waals surface area (Å²) in [5.41, 5.74) is 3.62. The highest BCUT2D eigenvalue weighted by atomic mass is 19.1. The summed E-state index contributed by atoms with van der Waals surface area (Å²) in [4.78, 5) is 35.6. The highest BCUT2D eigenvalue weighted by molar-refractivity contribution is 6.03. The number of amides is 2. The molecule has 0 fully saturated rings. The summed E-state index contributed by atoms with van der Waals surface area (Å²) in [5, 5.41) is 5.89. The molecule has 0 aliphatic carbocycles. The van der Waals surface area contributed by atoms with Crippen molar-refractivity contribution in [1.82, 2.24) is 20.2 Å². The van der Waals surface area contributed by atoms with Crippen LogP contribution in [-0.4, -0.2) is 47.4 Å². The number of carbonyl (C=O) groups is 2. The van der Waals surface area contributed by atoms with Crippen LogP contribution >= 0.6 is 0 Å². The fraction of sp³-hybridized carbons (Fsp3) is 0.250. The van der Waals surface area contributed by atoms with Crippen LogP contribution < -0.4 is 15.4 Å². The highest BCUT2D eigenvalue weighted by Gasteiger charge is 2.30. The zero-order valence-electron chi connectivity index (χ0n) is 18.6. The van der Waals surface area contributed by atoms with Crippen molar-refractivity contribution in [3.8, 4) is 5.75 Å². The minimum Gasteiger partial charge on any atom is -0.492 e. The van der Waals surface area contributed by atoms with Crippen LogP contribution in [0, 0.1) is 5.82 Å². The Balaban J connectivity index is 1.71. The van der Waals surface area contributed by atoms with E-state index in [9.17, 15) is 14.0 Å². The number of methoxy groups -OCH3 is 1. The summed E-state index contributed by atoms with van der Waals surface area (Å²) in [5.74, 6) is -0.865. The molecule has 1 aromatic carbocycles. The molecule has 0 saturated carbocycles. The number of pyridine rings is 2. The first kappa shape index (κ1) is 22.2. The molecule has 1 aliphatic rings. The van der Waals surface area contributed by atoms with Gasteiger partial charge in [0.05, 0.1) is 36.3 Å². The average Bonchev–Trinajstić information content (AvgIpc) is 3.08. The molecule has 0 unspecified atom stereocenters. The topological polar surface area (TPSA) is 96.5 Å². The molecule has 3 aromatic rings. The first-order valence-electron chi connectivity index (χ1n) is 10.5. The van der Waals surface area contributed by atoms with Gasteiger partial charge in [0.25, 0.3) is 11.8 Å². The standard InChI is InChI=1S/C24H24FN5O3/c1-4-26-23(31)18-10-5-7-14(27-18)11-15-12-19(21-20(28-15)13-30(2)24(21)32)29-17-9-6-8-16(25)22(17)33-3/h5-10,12H,4,11,13H2,1-3H3,(H,26,31)(H,28,29). The van der Waals surface area contributed by atoms with Crippen molar-refractivity contribution in [2.75, 3.05) is 26.0 Å². The molecule has 8 nitrogen and oxygen atoms in total. The zero-order chi connectivity index (χ0) is 23.5. The fourth-order valence-electron chi connectivity index (χ4n) is 3.79. The minimum atomic E-state index is -0.511. The number of rotatable bonds is 7. The van der Waals surface area contributed by atoms with Gasteiger partial charge in [0.1, 0.15) is 5.69 Å². The van der Waals surface area contributed by atoms with Gasteiger partial charge in [0.2, 0.25) is 0 Å². The van der Waals surface area contributed by atoms with Crippen molar-refractivity contribution in [3.63, 3.8) is 0 Å². The van der Waals surface area contributed by atoms with Gasteiger partial charge in [-0.2, -0.15) is 0 Å². The molecule has 0 atom stereocenters. The SMILES string of the molecule is CCNC(=O)c1cccc(Cc2cc(Nc3cccc(F)c3OC)c3c(n2)CN(C)C3=O)n1. The molecule has 9 heteroatoms. The fourth-order valence-corrected chi connectivity index (χ4v) is 3.79. The second kappa shape index (κ2) is 9.23. The molecule has 170 valence electrons. The quantitative estimate of drug-likeness (QED) is 0.575. The molecule has 0 spiro atoms. The summed E-state index contributed by atoms with van der Waals surface area (Å²) in [6, 6.07) is 11.5. The molecule has 2 amide bonds. The molecular formula is C24H24FN5O3. The smallest absolute Gasteiger partial charge is 0.269 e. The number of benzene rings is 1.